The Kier molecular flexibility index (Phi) is 9.09. The van der Waals surface area contributed by atoms with E-state index in [0.29, 0.717) is 17.3 Å². The first-order valence-corrected chi connectivity index (χ1v) is 12.6. The Morgan fingerprint density at radius 2 is 1.59 bits per heavy atom. The van der Waals surface area contributed by atoms with Crippen LogP contribution >= 0.6 is 11.6 Å². The van der Waals surface area contributed by atoms with Crippen molar-refractivity contribution in [3.63, 3.8) is 0 Å². The highest BCUT2D eigenvalue weighted by Crippen LogP contribution is 2.19. The molecule has 1 N–H and O–H groups in total. The fourth-order valence-corrected chi connectivity index (χ4v) is 4.01. The van der Waals surface area contributed by atoms with Gasteiger partial charge in [0.2, 0.25) is 21.8 Å². The summed E-state index contributed by atoms with van der Waals surface area (Å²) in [6.45, 7) is 5.79. The fraction of sp³-hybridized carbons (Fsp3) is 0.391. The van der Waals surface area contributed by atoms with Crippen LogP contribution in [0.3, 0.4) is 0 Å². The van der Waals surface area contributed by atoms with Crippen LogP contribution in [0.2, 0.25) is 5.02 Å². The number of carbonyl (C=O) groups excluding carboxylic acids is 2. The molecule has 0 radical (unpaired) electrons. The molecule has 1 unspecified atom stereocenters. The van der Waals surface area contributed by atoms with Crippen LogP contribution in [0.4, 0.5) is 5.69 Å². The predicted molar refractivity (Wildman–Crippen MR) is 128 cm³/mol. The molecule has 0 bridgehead atoms. The smallest absolute Gasteiger partial charge is 0.244 e. The van der Waals surface area contributed by atoms with Crippen molar-refractivity contribution in [2.75, 3.05) is 23.7 Å². The average molecular weight is 480 g/mol. The highest BCUT2D eigenvalue weighted by Gasteiger charge is 2.30. The Balaban J connectivity index is 2.32. The normalized spacial score (nSPS) is 12.3. The van der Waals surface area contributed by atoms with Crippen molar-refractivity contribution in [1.82, 2.24) is 10.2 Å². The van der Waals surface area contributed by atoms with Crippen molar-refractivity contribution in [2.24, 2.45) is 5.92 Å². The van der Waals surface area contributed by atoms with Gasteiger partial charge < -0.3 is 10.2 Å². The molecule has 0 aliphatic rings. The predicted octanol–water partition coefficient (Wildman–Crippen LogP) is 3.30. The number of hydrogen-bond donors (Lipinski definition) is 1. The zero-order valence-electron chi connectivity index (χ0n) is 18.8. The van der Waals surface area contributed by atoms with Crippen molar-refractivity contribution in [3.8, 4) is 0 Å². The summed E-state index contributed by atoms with van der Waals surface area (Å²) in [5.74, 6) is -0.529. The summed E-state index contributed by atoms with van der Waals surface area (Å²) in [4.78, 5) is 27.5. The second-order valence-electron chi connectivity index (χ2n) is 8.07. The lowest BCUT2D eigenvalue weighted by Gasteiger charge is -2.31. The lowest BCUT2D eigenvalue weighted by Crippen LogP contribution is -2.51. The van der Waals surface area contributed by atoms with Gasteiger partial charge in [0.1, 0.15) is 12.6 Å². The molecule has 0 aliphatic carbocycles. The monoisotopic (exact) mass is 479 g/mol. The largest absolute Gasteiger partial charge is 0.354 e. The minimum absolute atomic E-state index is 0.138. The van der Waals surface area contributed by atoms with Gasteiger partial charge in [-0.1, -0.05) is 55.8 Å². The summed E-state index contributed by atoms with van der Waals surface area (Å²) in [6.07, 6.45) is 1.05. The van der Waals surface area contributed by atoms with Gasteiger partial charge in [0.15, 0.2) is 0 Å². The van der Waals surface area contributed by atoms with Crippen LogP contribution in [0.15, 0.2) is 54.6 Å². The molecule has 0 aromatic heterocycles. The molecular formula is C23H30ClN3O4S. The van der Waals surface area contributed by atoms with Gasteiger partial charge in [-0.15, -0.1) is 0 Å². The summed E-state index contributed by atoms with van der Waals surface area (Å²) < 4.78 is 25.9. The number of anilines is 1. The van der Waals surface area contributed by atoms with E-state index in [4.69, 9.17) is 11.6 Å². The van der Waals surface area contributed by atoms with Crippen LogP contribution in [0.1, 0.15) is 26.3 Å². The molecule has 7 nitrogen and oxygen atoms in total. The van der Waals surface area contributed by atoms with Crippen molar-refractivity contribution >= 4 is 39.1 Å². The van der Waals surface area contributed by atoms with Gasteiger partial charge in [-0.05, 0) is 42.7 Å². The van der Waals surface area contributed by atoms with Gasteiger partial charge in [0.05, 0.1) is 11.9 Å². The molecule has 0 heterocycles. The maximum absolute atomic E-state index is 13.3. The highest BCUT2D eigenvalue weighted by molar-refractivity contribution is 7.92. The number of carbonyl (C=O) groups is 2. The molecule has 2 aromatic rings. The van der Waals surface area contributed by atoms with E-state index in [1.165, 1.54) is 4.90 Å². The summed E-state index contributed by atoms with van der Waals surface area (Å²) in [6, 6.07) is 14.6. The number of benzene rings is 2. The molecule has 2 amide bonds. The minimum Gasteiger partial charge on any atom is -0.354 e. The zero-order chi connectivity index (χ0) is 23.9. The van der Waals surface area contributed by atoms with Crippen molar-refractivity contribution in [1.29, 1.82) is 0 Å². The molecule has 0 saturated carbocycles. The second-order valence-corrected chi connectivity index (χ2v) is 10.4. The molecule has 9 heteroatoms. The first-order chi connectivity index (χ1) is 15.0. The van der Waals surface area contributed by atoms with Gasteiger partial charge in [0, 0.05) is 18.1 Å². The Labute approximate surface area is 195 Å². The molecule has 0 fully saturated rings. The molecule has 2 aromatic carbocycles. The number of sulfonamides is 1. The van der Waals surface area contributed by atoms with E-state index < -0.39 is 28.5 Å². The topological polar surface area (TPSA) is 86.8 Å². The Morgan fingerprint density at radius 1 is 1.00 bits per heavy atom. The lowest BCUT2D eigenvalue weighted by atomic mass is 10.1. The molecule has 32 heavy (non-hydrogen) atoms. The number of para-hydroxylation sites is 1. The number of rotatable bonds is 10. The number of amides is 2. The second kappa shape index (κ2) is 11.3. The quantitative estimate of drug-likeness (QED) is 0.566. The van der Waals surface area contributed by atoms with E-state index in [2.05, 4.69) is 5.32 Å². The summed E-state index contributed by atoms with van der Waals surface area (Å²) in [5.41, 5.74) is 1.16. The van der Waals surface area contributed by atoms with Gasteiger partial charge >= 0.3 is 0 Å². The maximum Gasteiger partial charge on any atom is 0.244 e. The third-order valence-corrected chi connectivity index (χ3v) is 6.23. The van der Waals surface area contributed by atoms with Gasteiger partial charge in [-0.25, -0.2) is 8.42 Å². The third kappa shape index (κ3) is 7.53. The van der Waals surface area contributed by atoms with E-state index in [0.717, 1.165) is 16.1 Å². The first kappa shape index (κ1) is 25.7. The number of hydrogen-bond acceptors (Lipinski definition) is 4. The molecule has 1 atom stereocenters. The summed E-state index contributed by atoms with van der Waals surface area (Å²) >= 11 is 5.96. The van der Waals surface area contributed by atoms with Crippen LogP contribution in [-0.4, -0.2) is 50.5 Å². The average Bonchev–Trinajstić information content (AvgIpc) is 2.74. The van der Waals surface area contributed by atoms with E-state index in [1.807, 2.05) is 13.8 Å². The standard InChI is InChI=1S/C23H30ClN3O4S/c1-17(2)14-25-23(29)18(3)26(15-19-10-12-20(24)13-11-19)22(28)16-27(32(4,30)31)21-8-6-5-7-9-21/h5-13,17-18H,14-16H2,1-4H3,(H,25,29). The molecule has 0 aliphatic heterocycles. The van der Waals surface area contributed by atoms with Gasteiger partial charge in [0.25, 0.3) is 0 Å². The lowest BCUT2D eigenvalue weighted by molar-refractivity contribution is -0.139. The number of nitrogens with one attached hydrogen (secondary N) is 1. The van der Waals surface area contributed by atoms with Crippen LogP contribution in [0.25, 0.3) is 0 Å². The van der Waals surface area contributed by atoms with Crippen molar-refractivity contribution in [2.45, 2.75) is 33.4 Å². The zero-order valence-corrected chi connectivity index (χ0v) is 20.4. The van der Waals surface area contributed by atoms with E-state index in [9.17, 15) is 18.0 Å². The van der Waals surface area contributed by atoms with Crippen LogP contribution in [-0.2, 0) is 26.2 Å². The molecule has 2 rings (SSSR count). The number of halogens is 1. The van der Waals surface area contributed by atoms with E-state index >= 15 is 0 Å². The van der Waals surface area contributed by atoms with Gasteiger partial charge in [-0.3, -0.25) is 13.9 Å². The summed E-state index contributed by atoms with van der Waals surface area (Å²) in [5, 5.41) is 3.40. The van der Waals surface area contributed by atoms with Gasteiger partial charge in [-0.2, -0.15) is 0 Å². The third-order valence-electron chi connectivity index (χ3n) is 4.84. The summed E-state index contributed by atoms with van der Waals surface area (Å²) in [7, 11) is -3.72. The van der Waals surface area contributed by atoms with Crippen LogP contribution < -0.4 is 9.62 Å². The molecule has 0 spiro atoms. The highest BCUT2D eigenvalue weighted by atomic mass is 35.5. The molecular weight excluding hydrogens is 450 g/mol. The SMILES string of the molecule is CC(C)CNC(=O)C(C)N(Cc1ccc(Cl)cc1)C(=O)CN(c1ccccc1)S(C)(=O)=O. The van der Waals surface area contributed by atoms with Crippen molar-refractivity contribution < 1.29 is 18.0 Å². The maximum atomic E-state index is 13.3. The molecule has 0 saturated heterocycles. The Morgan fingerprint density at radius 3 is 2.12 bits per heavy atom. The van der Waals surface area contributed by atoms with Crippen molar-refractivity contribution in [3.05, 3.63) is 65.2 Å². The van der Waals surface area contributed by atoms with Crippen LogP contribution in [0.5, 0.6) is 0 Å². The minimum atomic E-state index is -3.72. The Bertz CT molecular complexity index is 1010. The van der Waals surface area contributed by atoms with Crippen LogP contribution in [0, 0.1) is 5.92 Å². The fourth-order valence-electron chi connectivity index (χ4n) is 3.03. The number of nitrogens with zero attached hydrogens (tertiary/aromatic N) is 2. The first-order valence-electron chi connectivity index (χ1n) is 10.3. The molecule has 174 valence electrons. The Hall–Kier alpha value is -2.58. The van der Waals surface area contributed by atoms with E-state index in [-0.39, 0.29) is 18.4 Å². The van der Waals surface area contributed by atoms with E-state index in [1.54, 1.807) is 61.5 Å².